The lowest BCUT2D eigenvalue weighted by atomic mass is 10.0. The monoisotopic (exact) mass is 796 g/mol. The minimum Gasteiger partial charge on any atom is -0.423 e. The smallest absolute Gasteiger partial charge is 0.335 e. The van der Waals surface area contributed by atoms with E-state index in [1.807, 2.05) is 72.8 Å². The van der Waals surface area contributed by atoms with Crippen LogP contribution in [0.1, 0.15) is 11.1 Å². The predicted octanol–water partition coefficient (Wildman–Crippen LogP) is 10.4. The second-order valence-electron chi connectivity index (χ2n) is 13.0. The van der Waals surface area contributed by atoms with Crippen LogP contribution in [0.5, 0.6) is 23.0 Å². The molecule has 0 aliphatic heterocycles. The van der Waals surface area contributed by atoms with Gasteiger partial charge in [0, 0.05) is 60.1 Å². The van der Waals surface area contributed by atoms with Crippen molar-refractivity contribution >= 4 is 46.6 Å². The van der Waals surface area contributed by atoms with Gasteiger partial charge in [-0.3, -0.25) is 0 Å². The Bertz CT molecular complexity index is 2310. The Kier molecular flexibility index (Phi) is 13.6. The zero-order valence-corrected chi connectivity index (χ0v) is 32.6. The van der Waals surface area contributed by atoms with Crippen molar-refractivity contribution in [2.24, 2.45) is 0 Å². The summed E-state index contributed by atoms with van der Waals surface area (Å²) < 4.78 is 21.1. The zero-order valence-electron chi connectivity index (χ0n) is 32.6. The minimum atomic E-state index is -0.546. The van der Waals surface area contributed by atoms with Crippen molar-refractivity contribution in [2.75, 3.05) is 9.80 Å². The summed E-state index contributed by atoms with van der Waals surface area (Å²) in [4.78, 5) is 51.2. The van der Waals surface area contributed by atoms with Gasteiger partial charge in [0.2, 0.25) is 0 Å². The molecule has 0 fully saturated rings. The van der Waals surface area contributed by atoms with Crippen molar-refractivity contribution in [2.45, 2.75) is 13.1 Å². The molecule has 0 N–H and O–H groups in total. The van der Waals surface area contributed by atoms with Crippen LogP contribution in [-0.2, 0) is 32.3 Å². The summed E-state index contributed by atoms with van der Waals surface area (Å²) in [6, 6.07) is 45.2. The van der Waals surface area contributed by atoms with Crippen molar-refractivity contribution in [1.82, 2.24) is 0 Å². The van der Waals surface area contributed by atoms with Crippen molar-refractivity contribution < 1.29 is 38.1 Å². The maximum Gasteiger partial charge on any atom is 0.335 e. The highest BCUT2D eigenvalue weighted by molar-refractivity contribution is 5.85. The third-order valence-corrected chi connectivity index (χ3v) is 9.06. The molecular weight excluding hydrogens is 757 g/mol. The van der Waals surface area contributed by atoms with Crippen LogP contribution < -0.4 is 28.7 Å². The molecule has 6 aromatic rings. The molecule has 298 valence electrons. The van der Waals surface area contributed by atoms with Crippen molar-refractivity contribution in [3.05, 3.63) is 207 Å². The lowest BCUT2D eigenvalue weighted by Gasteiger charge is -2.26. The quantitative estimate of drug-likeness (QED) is 0.0502. The third-order valence-electron chi connectivity index (χ3n) is 9.06. The van der Waals surface area contributed by atoms with Crippen LogP contribution in [0.15, 0.2) is 196 Å². The van der Waals surface area contributed by atoms with Gasteiger partial charge in [0.1, 0.15) is 23.0 Å². The van der Waals surface area contributed by atoms with Crippen LogP contribution in [0.4, 0.5) is 22.7 Å². The van der Waals surface area contributed by atoms with Gasteiger partial charge in [-0.15, -0.1) is 0 Å². The molecule has 10 heteroatoms. The molecule has 10 nitrogen and oxygen atoms in total. The average molecular weight is 797 g/mol. The first kappa shape index (κ1) is 41.4. The average Bonchev–Trinajstić information content (AvgIpc) is 3.29. The van der Waals surface area contributed by atoms with E-state index >= 15 is 0 Å². The number of carbonyl (C=O) groups excluding carboxylic acids is 4. The fourth-order valence-electron chi connectivity index (χ4n) is 6.04. The van der Waals surface area contributed by atoms with Gasteiger partial charge in [0.25, 0.3) is 0 Å². The minimum absolute atomic E-state index is 0.393. The van der Waals surface area contributed by atoms with Crippen LogP contribution in [-0.4, -0.2) is 23.9 Å². The molecule has 0 radical (unpaired) electrons. The largest absolute Gasteiger partial charge is 0.423 e. The number of nitrogens with zero attached hydrogens (tertiary/aromatic N) is 2. The molecule has 0 spiro atoms. The van der Waals surface area contributed by atoms with Crippen LogP contribution in [0.25, 0.3) is 11.1 Å². The number of benzene rings is 6. The van der Waals surface area contributed by atoms with E-state index in [0.717, 1.165) is 69.3 Å². The highest BCUT2D eigenvalue weighted by Gasteiger charge is 2.15. The fourth-order valence-corrected chi connectivity index (χ4v) is 6.04. The maximum atomic E-state index is 11.8. The summed E-state index contributed by atoms with van der Waals surface area (Å²) >= 11 is 0. The van der Waals surface area contributed by atoms with Gasteiger partial charge in [-0.25, -0.2) is 19.2 Å². The highest BCUT2D eigenvalue weighted by Crippen LogP contribution is 2.34. The van der Waals surface area contributed by atoms with E-state index in [2.05, 4.69) is 60.4 Å². The van der Waals surface area contributed by atoms with E-state index in [0.29, 0.717) is 36.1 Å². The SMILES string of the molecule is C=CC(=O)Oc1ccc(CN(c2ccc(OC(=O)C=C)cc2)c2ccc(-c3ccc(N(Cc4ccc(OC(=O)C=C)cc4)c4ccc(OC(=O)C=C)cc4)cc3)cc2)cc1. The molecule has 0 aliphatic carbocycles. The van der Waals surface area contributed by atoms with E-state index in [4.69, 9.17) is 18.9 Å². The van der Waals surface area contributed by atoms with Gasteiger partial charge in [-0.05, 0) is 119 Å². The Labute approximate surface area is 348 Å². The van der Waals surface area contributed by atoms with E-state index in [9.17, 15) is 19.2 Å². The van der Waals surface area contributed by atoms with Crippen LogP contribution in [0, 0.1) is 0 Å². The molecule has 60 heavy (non-hydrogen) atoms. The molecule has 0 heterocycles. The molecule has 0 aliphatic rings. The molecule has 0 unspecified atom stereocenters. The van der Waals surface area contributed by atoms with Gasteiger partial charge in [-0.1, -0.05) is 74.8 Å². The highest BCUT2D eigenvalue weighted by atomic mass is 16.5. The number of hydrogen-bond donors (Lipinski definition) is 0. The molecule has 0 saturated heterocycles. The molecule has 0 bridgehead atoms. The molecule has 0 saturated carbocycles. The Balaban J connectivity index is 1.26. The topological polar surface area (TPSA) is 112 Å². The molecule has 6 aromatic carbocycles. The molecule has 0 amide bonds. The molecular formula is C50H40N2O8. The fraction of sp³-hybridized carbons (Fsp3) is 0.0400. The van der Waals surface area contributed by atoms with Crippen molar-refractivity contribution in [1.29, 1.82) is 0 Å². The first-order valence-electron chi connectivity index (χ1n) is 18.6. The van der Waals surface area contributed by atoms with Gasteiger partial charge >= 0.3 is 23.9 Å². The number of rotatable bonds is 17. The Hall–Kier alpha value is -8.24. The first-order chi connectivity index (χ1) is 29.1. The van der Waals surface area contributed by atoms with E-state index < -0.39 is 23.9 Å². The van der Waals surface area contributed by atoms with Crippen molar-refractivity contribution in [3.8, 4) is 34.1 Å². The van der Waals surface area contributed by atoms with Crippen LogP contribution >= 0.6 is 0 Å². The number of carbonyl (C=O) groups is 4. The molecule has 0 aromatic heterocycles. The van der Waals surface area contributed by atoms with Gasteiger partial charge in [0.15, 0.2) is 0 Å². The summed E-state index contributed by atoms with van der Waals surface area (Å²) in [6.45, 7) is 14.8. The Morgan fingerprint density at radius 1 is 0.350 bits per heavy atom. The summed E-state index contributed by atoms with van der Waals surface area (Å²) in [5.41, 5.74) is 7.43. The third kappa shape index (κ3) is 11.0. The summed E-state index contributed by atoms with van der Waals surface area (Å²) in [5, 5.41) is 0. The standard InChI is InChI=1S/C50H40N2O8/c1-5-47(53)57-43-25-9-35(10-26-43)33-51(41-21-29-45(30-22-41)59-49(55)7-3)39-17-13-37(14-18-39)38-15-19-40(20-16-38)52(42-23-31-46(32-24-42)60-50(56)8-4)34-36-11-27-44(28-12-36)58-48(54)6-2/h5-32H,1-4,33-34H2. The number of ether oxygens (including phenoxy) is 4. The van der Waals surface area contributed by atoms with E-state index in [1.165, 1.54) is 0 Å². The Morgan fingerprint density at radius 2 is 0.567 bits per heavy atom. The summed E-state index contributed by atoms with van der Waals surface area (Å²) in [6.07, 6.45) is 4.45. The lowest BCUT2D eigenvalue weighted by molar-refractivity contribution is -0.129. The normalized spacial score (nSPS) is 10.3. The summed E-state index contributed by atoms with van der Waals surface area (Å²) in [5.74, 6) is -0.555. The number of anilines is 4. The number of esters is 4. The van der Waals surface area contributed by atoms with Crippen LogP contribution in [0.2, 0.25) is 0 Å². The lowest BCUT2D eigenvalue weighted by Crippen LogP contribution is -2.16. The Morgan fingerprint density at radius 3 is 0.800 bits per heavy atom. The molecule has 0 atom stereocenters. The van der Waals surface area contributed by atoms with E-state index in [-0.39, 0.29) is 0 Å². The second kappa shape index (κ2) is 19.8. The van der Waals surface area contributed by atoms with Gasteiger partial charge < -0.3 is 28.7 Å². The van der Waals surface area contributed by atoms with Crippen molar-refractivity contribution in [3.63, 3.8) is 0 Å². The number of hydrogen-bond acceptors (Lipinski definition) is 10. The summed E-state index contributed by atoms with van der Waals surface area (Å²) in [7, 11) is 0. The van der Waals surface area contributed by atoms with E-state index in [1.54, 1.807) is 48.5 Å². The van der Waals surface area contributed by atoms with Gasteiger partial charge in [-0.2, -0.15) is 0 Å². The predicted molar refractivity (Wildman–Crippen MR) is 233 cm³/mol. The molecule has 6 rings (SSSR count). The maximum absolute atomic E-state index is 11.8. The van der Waals surface area contributed by atoms with Gasteiger partial charge in [0.05, 0.1) is 0 Å². The second-order valence-corrected chi connectivity index (χ2v) is 13.0. The zero-order chi connectivity index (χ0) is 42.4. The first-order valence-corrected chi connectivity index (χ1v) is 18.6. The van der Waals surface area contributed by atoms with Crippen LogP contribution in [0.3, 0.4) is 0 Å².